The van der Waals surface area contributed by atoms with Crippen molar-refractivity contribution in [2.75, 3.05) is 20.2 Å². The van der Waals surface area contributed by atoms with Gasteiger partial charge in [0, 0.05) is 13.1 Å². The van der Waals surface area contributed by atoms with Crippen molar-refractivity contribution < 1.29 is 17.9 Å². The van der Waals surface area contributed by atoms with Crippen molar-refractivity contribution in [3.05, 3.63) is 58.7 Å². The van der Waals surface area contributed by atoms with Crippen LogP contribution >= 0.6 is 0 Å². The Bertz CT molecular complexity index is 1030. The van der Waals surface area contributed by atoms with Crippen molar-refractivity contribution in [2.24, 2.45) is 0 Å². The number of nitrogens with zero attached hydrogens (tertiary/aromatic N) is 1. The number of ether oxygens (including phenoxy) is 1. The normalized spacial score (nSPS) is 16.1. The van der Waals surface area contributed by atoms with Crippen LogP contribution in [0.4, 0.5) is 0 Å². The van der Waals surface area contributed by atoms with Crippen molar-refractivity contribution in [3.63, 3.8) is 0 Å². The maximum absolute atomic E-state index is 13.0. The number of nitrogens with one attached hydrogen (secondary N) is 1. The molecule has 1 N–H and O–H groups in total. The second kappa shape index (κ2) is 9.18. The molecule has 1 heterocycles. The van der Waals surface area contributed by atoms with Crippen molar-refractivity contribution >= 4 is 15.9 Å². The lowest BCUT2D eigenvalue weighted by atomic mass is 10.00. The molecule has 1 amide bonds. The quantitative estimate of drug-likeness (QED) is 0.752. The molecule has 2 aromatic rings. The number of amides is 1. The lowest BCUT2D eigenvalue weighted by molar-refractivity contribution is 0.0936. The predicted octanol–water partition coefficient (Wildman–Crippen LogP) is 3.98. The average Bonchev–Trinajstić information content (AvgIpc) is 2.73. The topological polar surface area (TPSA) is 75.7 Å². The maximum atomic E-state index is 13.0. The summed E-state index contributed by atoms with van der Waals surface area (Å²) < 4.78 is 32.9. The highest BCUT2D eigenvalue weighted by molar-refractivity contribution is 7.89. The van der Waals surface area contributed by atoms with E-state index >= 15 is 0 Å². The number of piperidine rings is 1. The first-order valence-corrected chi connectivity index (χ1v) is 11.7. The number of methoxy groups -OCH3 is 1. The number of carbonyl (C=O) groups is 1. The zero-order valence-electron chi connectivity index (χ0n) is 18.1. The van der Waals surface area contributed by atoms with Gasteiger partial charge in [-0.1, -0.05) is 30.2 Å². The molecule has 6 nitrogen and oxygen atoms in total. The van der Waals surface area contributed by atoms with Crippen LogP contribution in [0.3, 0.4) is 0 Å². The van der Waals surface area contributed by atoms with E-state index in [0.717, 1.165) is 36.0 Å². The molecule has 0 saturated carbocycles. The van der Waals surface area contributed by atoms with Gasteiger partial charge in [0.2, 0.25) is 10.0 Å². The monoisotopic (exact) mass is 430 g/mol. The minimum absolute atomic E-state index is 0.120. The number of sulfonamides is 1. The van der Waals surface area contributed by atoms with Crippen LogP contribution in [-0.4, -0.2) is 38.8 Å². The Morgan fingerprint density at radius 2 is 1.77 bits per heavy atom. The summed E-state index contributed by atoms with van der Waals surface area (Å²) in [5.41, 5.74) is 3.49. The van der Waals surface area contributed by atoms with E-state index in [1.165, 1.54) is 23.5 Å². The van der Waals surface area contributed by atoms with Crippen molar-refractivity contribution in [2.45, 2.75) is 51.0 Å². The second-order valence-electron chi connectivity index (χ2n) is 7.88. The number of aryl methyl sites for hydroxylation is 2. The summed E-state index contributed by atoms with van der Waals surface area (Å²) in [5.74, 6) is -0.0204. The molecule has 2 aromatic carbocycles. The van der Waals surface area contributed by atoms with Gasteiger partial charge in [-0.05, 0) is 62.9 Å². The molecule has 0 aromatic heterocycles. The molecule has 1 unspecified atom stereocenters. The Morgan fingerprint density at radius 1 is 1.07 bits per heavy atom. The van der Waals surface area contributed by atoms with Gasteiger partial charge in [0.25, 0.3) is 5.91 Å². The fraction of sp³-hybridized carbons (Fsp3) is 0.435. The molecule has 3 rings (SSSR count). The van der Waals surface area contributed by atoms with Crippen molar-refractivity contribution in [3.8, 4) is 5.75 Å². The first-order valence-electron chi connectivity index (χ1n) is 10.3. The molecule has 0 bridgehead atoms. The Hall–Kier alpha value is -2.38. The van der Waals surface area contributed by atoms with Gasteiger partial charge in [-0.2, -0.15) is 4.31 Å². The van der Waals surface area contributed by atoms with Crippen LogP contribution in [0.5, 0.6) is 5.75 Å². The zero-order chi connectivity index (χ0) is 21.9. The van der Waals surface area contributed by atoms with Gasteiger partial charge in [-0.3, -0.25) is 4.79 Å². The van der Waals surface area contributed by atoms with Crippen LogP contribution in [0.1, 0.15) is 59.3 Å². The van der Waals surface area contributed by atoms with Gasteiger partial charge in [0.05, 0.1) is 23.6 Å². The standard InChI is InChI=1S/C23H30N2O4S/c1-16-8-10-20(17(2)14-16)18(3)24-23(26)21-15-19(9-11-22(21)29-4)30(27,28)25-12-6-5-7-13-25/h8-11,14-15,18H,5-7,12-13H2,1-4H3,(H,24,26). The fourth-order valence-corrected chi connectivity index (χ4v) is 5.49. The fourth-order valence-electron chi connectivity index (χ4n) is 3.94. The minimum atomic E-state index is -3.64. The highest BCUT2D eigenvalue weighted by Gasteiger charge is 2.28. The first kappa shape index (κ1) is 22.3. The molecule has 0 spiro atoms. The minimum Gasteiger partial charge on any atom is -0.496 e. The van der Waals surface area contributed by atoms with Gasteiger partial charge in [0.1, 0.15) is 5.75 Å². The Kier molecular flexibility index (Phi) is 6.83. The van der Waals surface area contributed by atoms with Gasteiger partial charge in [0.15, 0.2) is 0 Å². The van der Waals surface area contributed by atoms with E-state index in [1.807, 2.05) is 32.9 Å². The molecule has 1 fully saturated rings. The van der Waals surface area contributed by atoms with Crippen LogP contribution in [0.15, 0.2) is 41.3 Å². The van der Waals surface area contributed by atoms with Gasteiger partial charge in [-0.15, -0.1) is 0 Å². The summed E-state index contributed by atoms with van der Waals surface area (Å²) in [7, 11) is -2.17. The third kappa shape index (κ3) is 4.68. The average molecular weight is 431 g/mol. The highest BCUT2D eigenvalue weighted by atomic mass is 32.2. The summed E-state index contributed by atoms with van der Waals surface area (Å²) in [5, 5.41) is 2.98. The van der Waals surface area contributed by atoms with Crippen LogP contribution in [0, 0.1) is 13.8 Å². The molecule has 0 aliphatic carbocycles. The predicted molar refractivity (Wildman–Crippen MR) is 117 cm³/mol. The zero-order valence-corrected chi connectivity index (χ0v) is 18.9. The summed E-state index contributed by atoms with van der Waals surface area (Å²) in [6.07, 6.45) is 2.75. The van der Waals surface area contributed by atoms with Gasteiger partial charge < -0.3 is 10.1 Å². The first-order chi connectivity index (χ1) is 14.2. The van der Waals surface area contributed by atoms with E-state index in [9.17, 15) is 13.2 Å². The molecule has 0 radical (unpaired) electrons. The highest BCUT2D eigenvalue weighted by Crippen LogP contribution is 2.27. The largest absolute Gasteiger partial charge is 0.496 e. The van der Waals surface area contributed by atoms with E-state index in [4.69, 9.17) is 4.74 Å². The number of hydrogen-bond donors (Lipinski definition) is 1. The molecule has 1 aliphatic heterocycles. The lowest BCUT2D eigenvalue weighted by Crippen LogP contribution is -2.35. The van der Waals surface area contributed by atoms with Crippen molar-refractivity contribution in [1.29, 1.82) is 0 Å². The lowest BCUT2D eigenvalue weighted by Gasteiger charge is -2.26. The molecule has 162 valence electrons. The summed E-state index contributed by atoms with van der Waals surface area (Å²) in [6, 6.07) is 10.3. The SMILES string of the molecule is COc1ccc(S(=O)(=O)N2CCCCC2)cc1C(=O)NC(C)c1ccc(C)cc1C. The molecular formula is C23H30N2O4S. The number of hydrogen-bond acceptors (Lipinski definition) is 4. The Morgan fingerprint density at radius 3 is 2.40 bits per heavy atom. The van der Waals surface area contributed by atoms with Crippen LogP contribution in [-0.2, 0) is 10.0 Å². The number of carbonyl (C=O) groups excluding carboxylic acids is 1. The van der Waals surface area contributed by atoms with E-state index in [2.05, 4.69) is 11.4 Å². The number of benzene rings is 2. The summed E-state index contributed by atoms with van der Waals surface area (Å²) in [4.78, 5) is 13.2. The second-order valence-corrected chi connectivity index (χ2v) is 9.82. The molecule has 30 heavy (non-hydrogen) atoms. The van der Waals surface area contributed by atoms with E-state index in [-0.39, 0.29) is 22.4 Å². The summed E-state index contributed by atoms with van der Waals surface area (Å²) in [6.45, 7) is 6.98. The molecule has 1 aliphatic rings. The van der Waals surface area contributed by atoms with Crippen LogP contribution in [0.25, 0.3) is 0 Å². The molecule has 1 atom stereocenters. The third-order valence-corrected chi connectivity index (χ3v) is 7.50. The van der Waals surface area contributed by atoms with E-state index in [0.29, 0.717) is 18.8 Å². The molecular weight excluding hydrogens is 400 g/mol. The van der Waals surface area contributed by atoms with Gasteiger partial charge >= 0.3 is 0 Å². The van der Waals surface area contributed by atoms with Gasteiger partial charge in [-0.25, -0.2) is 8.42 Å². The Labute approximate surface area is 179 Å². The smallest absolute Gasteiger partial charge is 0.255 e. The summed E-state index contributed by atoms with van der Waals surface area (Å²) >= 11 is 0. The third-order valence-electron chi connectivity index (χ3n) is 5.61. The number of rotatable bonds is 6. The molecule has 1 saturated heterocycles. The Balaban J connectivity index is 1.88. The van der Waals surface area contributed by atoms with Crippen LogP contribution < -0.4 is 10.1 Å². The van der Waals surface area contributed by atoms with E-state index < -0.39 is 10.0 Å². The van der Waals surface area contributed by atoms with E-state index in [1.54, 1.807) is 6.07 Å². The van der Waals surface area contributed by atoms with Crippen LogP contribution in [0.2, 0.25) is 0 Å². The maximum Gasteiger partial charge on any atom is 0.255 e. The van der Waals surface area contributed by atoms with Crippen molar-refractivity contribution in [1.82, 2.24) is 9.62 Å². The molecule has 7 heteroatoms.